The molecular weight excluding hydrogens is 449 g/mol. The molecule has 180 valence electrons. The third-order valence-electron chi connectivity index (χ3n) is 5.45. The third kappa shape index (κ3) is 5.85. The van der Waals surface area contributed by atoms with E-state index in [2.05, 4.69) is 5.32 Å². The number of rotatable bonds is 7. The summed E-state index contributed by atoms with van der Waals surface area (Å²) in [5.41, 5.74) is -0.120. The molecule has 2 aromatic rings. The number of nitrogens with one attached hydrogen (secondary N) is 1. The zero-order valence-electron chi connectivity index (χ0n) is 18.7. The fourth-order valence-electron chi connectivity index (χ4n) is 3.58. The maximum atomic E-state index is 13.1. The highest BCUT2D eigenvalue weighted by atomic mass is 19.1. The zero-order chi connectivity index (χ0) is 24.8. The fourth-order valence-corrected chi connectivity index (χ4v) is 3.58. The van der Waals surface area contributed by atoms with Crippen LogP contribution >= 0.6 is 0 Å². The first-order valence-corrected chi connectivity index (χ1v) is 10.6. The molecule has 0 saturated carbocycles. The topological polar surface area (TPSA) is 128 Å². The number of benzene rings is 2. The highest BCUT2D eigenvalue weighted by molar-refractivity contribution is 5.97. The van der Waals surface area contributed by atoms with Gasteiger partial charge >= 0.3 is 5.97 Å². The second kappa shape index (κ2) is 10.7. The van der Waals surface area contributed by atoms with Crippen LogP contribution in [0, 0.1) is 21.8 Å². The van der Waals surface area contributed by atoms with E-state index >= 15 is 0 Å². The Bertz CT molecular complexity index is 1090. The Labute approximate surface area is 194 Å². The van der Waals surface area contributed by atoms with E-state index in [1.54, 1.807) is 0 Å². The van der Waals surface area contributed by atoms with Crippen molar-refractivity contribution in [1.29, 1.82) is 0 Å². The van der Waals surface area contributed by atoms with Crippen LogP contribution in [0.1, 0.15) is 30.1 Å². The number of halogens is 1. The largest absolute Gasteiger partial charge is 0.496 e. The van der Waals surface area contributed by atoms with E-state index in [1.807, 2.05) is 0 Å². The number of likely N-dealkylation sites (tertiary alicyclic amines) is 1. The lowest BCUT2D eigenvalue weighted by atomic mass is 9.97. The number of carbonyl (C=O) groups is 3. The zero-order valence-corrected chi connectivity index (χ0v) is 18.7. The maximum absolute atomic E-state index is 13.1. The molecule has 10 nitrogen and oxygen atoms in total. The van der Waals surface area contributed by atoms with Crippen LogP contribution in [-0.2, 0) is 14.3 Å². The summed E-state index contributed by atoms with van der Waals surface area (Å²) in [5.74, 6) is -2.55. The molecule has 3 rings (SSSR count). The van der Waals surface area contributed by atoms with E-state index in [0.29, 0.717) is 24.9 Å². The number of amides is 2. The van der Waals surface area contributed by atoms with Crippen LogP contribution in [0.2, 0.25) is 0 Å². The van der Waals surface area contributed by atoms with Gasteiger partial charge in [-0.3, -0.25) is 24.5 Å². The Morgan fingerprint density at radius 2 is 1.91 bits per heavy atom. The molecule has 2 aromatic carbocycles. The molecule has 34 heavy (non-hydrogen) atoms. The van der Waals surface area contributed by atoms with Crippen LogP contribution in [0.15, 0.2) is 42.5 Å². The van der Waals surface area contributed by atoms with Gasteiger partial charge in [0, 0.05) is 18.7 Å². The van der Waals surface area contributed by atoms with Gasteiger partial charge in [-0.05, 0) is 56.2 Å². The minimum Gasteiger partial charge on any atom is -0.496 e. The van der Waals surface area contributed by atoms with Gasteiger partial charge in [-0.2, -0.15) is 0 Å². The SMILES string of the molecule is COc1ccc(NC(=O)C(C)OC(=O)C2CCCN(C(=O)c3ccc(F)cc3)C2)c([N+](=O)[O-])c1. The summed E-state index contributed by atoms with van der Waals surface area (Å²) in [7, 11) is 1.36. The van der Waals surface area contributed by atoms with Crippen LogP contribution in [0.3, 0.4) is 0 Å². The summed E-state index contributed by atoms with van der Waals surface area (Å²) >= 11 is 0. The molecule has 2 amide bonds. The Balaban J connectivity index is 1.60. The maximum Gasteiger partial charge on any atom is 0.311 e. The number of piperidine rings is 1. The first-order valence-electron chi connectivity index (χ1n) is 10.6. The monoisotopic (exact) mass is 473 g/mol. The summed E-state index contributed by atoms with van der Waals surface area (Å²) in [4.78, 5) is 50.0. The molecule has 0 aliphatic carbocycles. The van der Waals surface area contributed by atoms with Gasteiger partial charge in [-0.25, -0.2) is 4.39 Å². The van der Waals surface area contributed by atoms with Crippen molar-refractivity contribution in [3.05, 3.63) is 64.0 Å². The first-order chi connectivity index (χ1) is 16.2. The van der Waals surface area contributed by atoms with Crippen molar-refractivity contribution in [2.75, 3.05) is 25.5 Å². The molecule has 2 atom stereocenters. The Kier molecular flexibility index (Phi) is 7.77. The lowest BCUT2D eigenvalue weighted by Crippen LogP contribution is -2.44. The minimum atomic E-state index is -1.22. The number of hydrogen-bond acceptors (Lipinski definition) is 7. The first kappa shape index (κ1) is 24.6. The van der Waals surface area contributed by atoms with Gasteiger partial charge in [0.25, 0.3) is 17.5 Å². The minimum absolute atomic E-state index is 0.0626. The quantitative estimate of drug-likeness (QED) is 0.372. The summed E-state index contributed by atoms with van der Waals surface area (Å²) < 4.78 is 23.4. The number of carbonyl (C=O) groups excluding carboxylic acids is 3. The fraction of sp³-hybridized carbons (Fsp3) is 0.348. The van der Waals surface area contributed by atoms with Crippen molar-refractivity contribution in [3.8, 4) is 5.75 Å². The van der Waals surface area contributed by atoms with E-state index in [1.165, 1.54) is 61.4 Å². The van der Waals surface area contributed by atoms with Gasteiger partial charge < -0.3 is 19.7 Å². The number of nitrogens with zero attached hydrogens (tertiary/aromatic N) is 2. The van der Waals surface area contributed by atoms with E-state index in [-0.39, 0.29) is 29.6 Å². The molecule has 0 aromatic heterocycles. The highest BCUT2D eigenvalue weighted by Crippen LogP contribution is 2.29. The number of anilines is 1. The van der Waals surface area contributed by atoms with Crippen molar-refractivity contribution in [2.45, 2.75) is 25.9 Å². The molecule has 0 radical (unpaired) electrons. The van der Waals surface area contributed by atoms with E-state index in [4.69, 9.17) is 9.47 Å². The van der Waals surface area contributed by atoms with Crippen LogP contribution in [-0.4, -0.2) is 53.9 Å². The average molecular weight is 473 g/mol. The number of nitro groups is 1. The third-order valence-corrected chi connectivity index (χ3v) is 5.45. The molecule has 11 heteroatoms. The molecule has 1 fully saturated rings. The van der Waals surface area contributed by atoms with Gasteiger partial charge in [0.1, 0.15) is 17.3 Å². The van der Waals surface area contributed by atoms with Gasteiger partial charge in [0.05, 0.1) is 24.0 Å². The van der Waals surface area contributed by atoms with Crippen LogP contribution in [0.4, 0.5) is 15.8 Å². The van der Waals surface area contributed by atoms with Crippen LogP contribution in [0.5, 0.6) is 5.75 Å². The second-order valence-corrected chi connectivity index (χ2v) is 7.81. The Hall–Kier alpha value is -4.02. The predicted molar refractivity (Wildman–Crippen MR) is 119 cm³/mol. The molecule has 2 unspecified atom stereocenters. The second-order valence-electron chi connectivity index (χ2n) is 7.81. The number of hydrogen-bond donors (Lipinski definition) is 1. The average Bonchev–Trinajstić information content (AvgIpc) is 2.84. The summed E-state index contributed by atoms with van der Waals surface area (Å²) in [6, 6.07) is 9.08. The molecule has 1 N–H and O–H groups in total. The molecule has 1 aliphatic heterocycles. The molecule has 0 bridgehead atoms. The standard InChI is InChI=1S/C23H24FN3O7/c1-14(21(28)25-19-10-9-18(33-2)12-20(19)27(31)32)34-23(30)16-4-3-11-26(13-16)22(29)15-5-7-17(24)8-6-15/h5-10,12,14,16H,3-4,11,13H2,1-2H3,(H,25,28). The van der Waals surface area contributed by atoms with Crippen molar-refractivity contribution < 1.29 is 33.2 Å². The number of ether oxygens (including phenoxy) is 2. The normalized spacial score (nSPS) is 16.3. The summed E-state index contributed by atoms with van der Waals surface area (Å²) in [5, 5.41) is 13.7. The van der Waals surface area contributed by atoms with E-state index < -0.39 is 34.6 Å². The van der Waals surface area contributed by atoms with Crippen LogP contribution < -0.4 is 10.1 Å². The number of nitro benzene ring substituents is 1. The molecule has 1 saturated heterocycles. The summed E-state index contributed by atoms with van der Waals surface area (Å²) in [6.45, 7) is 1.90. The number of esters is 1. The lowest BCUT2D eigenvalue weighted by molar-refractivity contribution is -0.384. The molecule has 0 spiro atoms. The van der Waals surface area contributed by atoms with Gasteiger partial charge in [-0.1, -0.05) is 0 Å². The van der Waals surface area contributed by atoms with Crippen molar-refractivity contribution in [2.24, 2.45) is 5.92 Å². The Morgan fingerprint density at radius 3 is 2.56 bits per heavy atom. The highest BCUT2D eigenvalue weighted by Gasteiger charge is 2.32. The van der Waals surface area contributed by atoms with Gasteiger partial charge in [-0.15, -0.1) is 0 Å². The molecule has 1 heterocycles. The van der Waals surface area contributed by atoms with Gasteiger partial charge in [0.15, 0.2) is 6.10 Å². The van der Waals surface area contributed by atoms with Crippen molar-refractivity contribution in [1.82, 2.24) is 4.90 Å². The smallest absolute Gasteiger partial charge is 0.311 e. The van der Waals surface area contributed by atoms with Crippen molar-refractivity contribution in [3.63, 3.8) is 0 Å². The molecule has 1 aliphatic rings. The number of methoxy groups -OCH3 is 1. The molecular formula is C23H24FN3O7. The van der Waals surface area contributed by atoms with Crippen molar-refractivity contribution >= 4 is 29.2 Å². The lowest BCUT2D eigenvalue weighted by Gasteiger charge is -2.32. The van der Waals surface area contributed by atoms with E-state index in [9.17, 15) is 28.9 Å². The summed E-state index contributed by atoms with van der Waals surface area (Å²) in [6.07, 6.45) is -0.187. The predicted octanol–water partition coefficient (Wildman–Crippen LogP) is 3.17. The van der Waals surface area contributed by atoms with Crippen LogP contribution in [0.25, 0.3) is 0 Å². The van der Waals surface area contributed by atoms with E-state index in [0.717, 1.165) is 0 Å². The Morgan fingerprint density at radius 1 is 1.21 bits per heavy atom. The van der Waals surface area contributed by atoms with Gasteiger partial charge in [0.2, 0.25) is 0 Å².